The van der Waals surface area contributed by atoms with Crippen LogP contribution in [-0.2, 0) is 6.18 Å². The van der Waals surface area contributed by atoms with Gasteiger partial charge in [-0.25, -0.2) is 9.37 Å². The first kappa shape index (κ1) is 15.2. The van der Waals surface area contributed by atoms with Gasteiger partial charge in [-0.1, -0.05) is 11.6 Å². The van der Waals surface area contributed by atoms with Crippen LogP contribution in [0.2, 0.25) is 5.02 Å². The van der Waals surface area contributed by atoms with Crippen LogP contribution < -0.4 is 5.32 Å². The molecule has 1 aromatic carbocycles. The van der Waals surface area contributed by atoms with E-state index in [4.69, 9.17) is 11.6 Å². The highest BCUT2D eigenvalue weighted by Gasteiger charge is 2.35. The number of rotatable bonds is 3. The SMILES string of the molecule is CNC(c1cnc(C(F)(F)F)s1)c1cc(Cl)ccc1F. The summed E-state index contributed by atoms with van der Waals surface area (Å²) in [5.74, 6) is -0.546. The van der Waals surface area contributed by atoms with Crippen molar-refractivity contribution in [2.24, 2.45) is 0 Å². The van der Waals surface area contributed by atoms with Crippen molar-refractivity contribution in [3.05, 3.63) is 50.7 Å². The molecule has 0 aliphatic heterocycles. The molecule has 1 heterocycles. The first-order valence-electron chi connectivity index (χ1n) is 5.48. The molecule has 1 atom stereocenters. The zero-order valence-electron chi connectivity index (χ0n) is 10.1. The fraction of sp³-hybridized carbons (Fsp3) is 0.250. The average Bonchev–Trinajstić information content (AvgIpc) is 2.84. The Morgan fingerprint density at radius 3 is 2.60 bits per heavy atom. The van der Waals surface area contributed by atoms with Gasteiger partial charge in [0, 0.05) is 21.7 Å². The lowest BCUT2D eigenvalue weighted by molar-refractivity contribution is -0.137. The molecule has 0 radical (unpaired) electrons. The molecule has 0 saturated carbocycles. The Hall–Kier alpha value is -1.18. The summed E-state index contributed by atoms with van der Waals surface area (Å²) in [6.07, 6.45) is -3.41. The van der Waals surface area contributed by atoms with Crippen LogP contribution in [0.15, 0.2) is 24.4 Å². The molecule has 108 valence electrons. The number of benzene rings is 1. The second kappa shape index (κ2) is 5.67. The van der Waals surface area contributed by atoms with Gasteiger partial charge in [-0.05, 0) is 25.2 Å². The highest BCUT2D eigenvalue weighted by molar-refractivity contribution is 7.11. The Bertz CT molecular complexity index is 612. The molecule has 2 nitrogen and oxygen atoms in total. The summed E-state index contributed by atoms with van der Waals surface area (Å²) >= 11 is 6.27. The van der Waals surface area contributed by atoms with E-state index in [0.717, 1.165) is 6.20 Å². The van der Waals surface area contributed by atoms with Crippen molar-refractivity contribution in [1.29, 1.82) is 0 Å². The van der Waals surface area contributed by atoms with Gasteiger partial charge in [-0.3, -0.25) is 0 Å². The normalized spacial score (nSPS) is 13.5. The van der Waals surface area contributed by atoms with Crippen molar-refractivity contribution < 1.29 is 17.6 Å². The van der Waals surface area contributed by atoms with Gasteiger partial charge in [0.2, 0.25) is 0 Å². The topological polar surface area (TPSA) is 24.9 Å². The number of thiazole rings is 1. The molecular weight excluding hydrogens is 316 g/mol. The maximum atomic E-state index is 13.8. The van der Waals surface area contributed by atoms with Gasteiger partial charge in [-0.15, -0.1) is 11.3 Å². The van der Waals surface area contributed by atoms with Crippen LogP contribution in [0.4, 0.5) is 17.6 Å². The van der Waals surface area contributed by atoms with Crippen LogP contribution in [0.1, 0.15) is 21.5 Å². The number of hydrogen-bond acceptors (Lipinski definition) is 3. The summed E-state index contributed by atoms with van der Waals surface area (Å²) in [5, 5.41) is 2.12. The van der Waals surface area contributed by atoms with Crippen LogP contribution in [0.25, 0.3) is 0 Å². The standard InChI is InChI=1S/C12H9ClF4N2S/c1-18-10(7-4-6(13)2-3-8(7)14)9-5-19-11(20-9)12(15,16)17/h2-5,10,18H,1H3. The number of nitrogens with zero attached hydrogens (tertiary/aromatic N) is 1. The monoisotopic (exact) mass is 324 g/mol. The van der Waals surface area contributed by atoms with Crippen LogP contribution in [0, 0.1) is 5.82 Å². The molecule has 0 aliphatic rings. The highest BCUT2D eigenvalue weighted by atomic mass is 35.5. The van der Waals surface area contributed by atoms with Gasteiger partial charge in [0.1, 0.15) is 5.82 Å². The van der Waals surface area contributed by atoms with E-state index < -0.39 is 23.0 Å². The van der Waals surface area contributed by atoms with E-state index in [1.54, 1.807) is 0 Å². The molecule has 0 aliphatic carbocycles. The third-order valence-corrected chi connectivity index (χ3v) is 3.95. The van der Waals surface area contributed by atoms with Crippen molar-refractivity contribution in [3.63, 3.8) is 0 Å². The van der Waals surface area contributed by atoms with Gasteiger partial charge in [0.25, 0.3) is 0 Å². The minimum Gasteiger partial charge on any atom is -0.309 e. The maximum absolute atomic E-state index is 13.8. The van der Waals surface area contributed by atoms with Gasteiger partial charge in [0.15, 0.2) is 5.01 Å². The van der Waals surface area contributed by atoms with Crippen molar-refractivity contribution >= 4 is 22.9 Å². The average molecular weight is 325 g/mol. The third kappa shape index (κ3) is 3.11. The molecule has 1 aromatic heterocycles. The molecule has 2 aromatic rings. The van der Waals surface area contributed by atoms with Crippen molar-refractivity contribution in [3.8, 4) is 0 Å². The molecule has 20 heavy (non-hydrogen) atoms. The minimum absolute atomic E-state index is 0.178. The fourth-order valence-electron chi connectivity index (χ4n) is 1.74. The molecule has 8 heteroatoms. The van der Waals surface area contributed by atoms with Crippen LogP contribution in [0.5, 0.6) is 0 Å². The number of alkyl halides is 3. The highest BCUT2D eigenvalue weighted by Crippen LogP contribution is 2.36. The molecule has 1 unspecified atom stereocenters. The van der Waals surface area contributed by atoms with E-state index in [0.29, 0.717) is 16.4 Å². The van der Waals surface area contributed by atoms with Gasteiger partial charge < -0.3 is 5.32 Å². The lowest BCUT2D eigenvalue weighted by Gasteiger charge is -2.15. The second-order valence-corrected chi connectivity index (χ2v) is 5.45. The third-order valence-electron chi connectivity index (χ3n) is 2.61. The van der Waals surface area contributed by atoms with E-state index in [1.165, 1.54) is 25.2 Å². The minimum atomic E-state index is -4.51. The quantitative estimate of drug-likeness (QED) is 0.853. The molecular formula is C12H9ClF4N2S. The summed E-state index contributed by atoms with van der Waals surface area (Å²) < 4.78 is 51.4. The molecule has 0 bridgehead atoms. The number of nitrogens with one attached hydrogen (secondary N) is 1. The zero-order valence-corrected chi connectivity index (χ0v) is 11.7. The number of halogens is 5. The van der Waals surface area contributed by atoms with E-state index >= 15 is 0 Å². The largest absolute Gasteiger partial charge is 0.443 e. The Morgan fingerprint density at radius 2 is 2.05 bits per heavy atom. The Labute approximate surface area is 121 Å². The molecule has 1 N–H and O–H groups in total. The lowest BCUT2D eigenvalue weighted by Crippen LogP contribution is -2.17. The van der Waals surface area contributed by atoms with Crippen LogP contribution in [-0.4, -0.2) is 12.0 Å². The van der Waals surface area contributed by atoms with Crippen molar-refractivity contribution in [2.45, 2.75) is 12.2 Å². The first-order valence-corrected chi connectivity index (χ1v) is 6.67. The lowest BCUT2D eigenvalue weighted by atomic mass is 10.1. The predicted molar refractivity (Wildman–Crippen MR) is 69.4 cm³/mol. The maximum Gasteiger partial charge on any atom is 0.443 e. The van der Waals surface area contributed by atoms with Gasteiger partial charge >= 0.3 is 6.18 Å². The fourth-order valence-corrected chi connectivity index (χ4v) is 2.83. The molecule has 2 rings (SSSR count). The van der Waals surface area contributed by atoms with E-state index in [9.17, 15) is 17.6 Å². The summed E-state index contributed by atoms with van der Waals surface area (Å²) in [6.45, 7) is 0. The van der Waals surface area contributed by atoms with Crippen LogP contribution in [0.3, 0.4) is 0 Å². The molecule has 0 spiro atoms. The summed E-state index contributed by atoms with van der Waals surface area (Å²) in [6, 6.07) is 3.20. The summed E-state index contributed by atoms with van der Waals surface area (Å²) in [5.41, 5.74) is 0.178. The smallest absolute Gasteiger partial charge is 0.309 e. The summed E-state index contributed by atoms with van der Waals surface area (Å²) in [4.78, 5) is 3.60. The van der Waals surface area contributed by atoms with Gasteiger partial charge in [-0.2, -0.15) is 13.2 Å². The first-order chi connectivity index (χ1) is 9.32. The van der Waals surface area contributed by atoms with Crippen molar-refractivity contribution in [1.82, 2.24) is 10.3 Å². The number of hydrogen-bond donors (Lipinski definition) is 1. The van der Waals surface area contributed by atoms with Crippen molar-refractivity contribution in [2.75, 3.05) is 7.05 Å². The Balaban J connectivity index is 2.42. The van der Waals surface area contributed by atoms with Crippen LogP contribution >= 0.6 is 22.9 Å². The Morgan fingerprint density at radius 1 is 1.35 bits per heavy atom. The van der Waals surface area contributed by atoms with E-state index in [1.807, 2.05) is 0 Å². The van der Waals surface area contributed by atoms with E-state index in [2.05, 4.69) is 10.3 Å². The molecule has 0 amide bonds. The van der Waals surface area contributed by atoms with Gasteiger partial charge in [0.05, 0.1) is 6.04 Å². The molecule has 0 saturated heterocycles. The Kier molecular flexibility index (Phi) is 4.31. The molecule has 0 fully saturated rings. The zero-order chi connectivity index (χ0) is 14.9. The second-order valence-electron chi connectivity index (χ2n) is 3.95. The number of aromatic nitrogens is 1. The predicted octanol–water partition coefficient (Wildman–Crippen LogP) is 4.26. The van der Waals surface area contributed by atoms with E-state index in [-0.39, 0.29) is 10.4 Å². The summed E-state index contributed by atoms with van der Waals surface area (Å²) in [7, 11) is 1.53.